The average molecular weight is 269 g/mol. The molecule has 106 valence electrons. The van der Waals surface area contributed by atoms with Crippen LogP contribution >= 0.6 is 0 Å². The Bertz CT molecular complexity index is 449. The second-order valence-electron chi connectivity index (χ2n) is 5.49. The van der Waals surface area contributed by atoms with Gasteiger partial charge in [-0.25, -0.2) is 8.78 Å². The molecule has 2 N–H and O–H groups in total. The second kappa shape index (κ2) is 5.08. The van der Waals surface area contributed by atoms with Gasteiger partial charge in [0, 0.05) is 30.4 Å². The van der Waals surface area contributed by atoms with E-state index in [0.717, 1.165) is 16.9 Å². The minimum Gasteiger partial charge on any atom is -0.496 e. The van der Waals surface area contributed by atoms with Gasteiger partial charge < -0.3 is 10.5 Å². The Morgan fingerprint density at radius 1 is 1.21 bits per heavy atom. The molecule has 0 amide bonds. The van der Waals surface area contributed by atoms with Crippen LogP contribution in [0.4, 0.5) is 8.78 Å². The number of nitrogens with two attached hydrogens (primary N) is 1. The lowest BCUT2D eigenvalue weighted by molar-refractivity contribution is -0.0512. The summed E-state index contributed by atoms with van der Waals surface area (Å²) in [5.74, 6) is -1.79. The molecule has 0 bridgehead atoms. The van der Waals surface area contributed by atoms with Gasteiger partial charge in [-0.1, -0.05) is 12.1 Å². The highest BCUT2D eigenvalue weighted by Gasteiger charge is 2.45. The Labute approximate surface area is 112 Å². The van der Waals surface area contributed by atoms with Crippen LogP contribution in [0.25, 0.3) is 0 Å². The summed E-state index contributed by atoms with van der Waals surface area (Å²) in [6.45, 7) is 2.37. The Morgan fingerprint density at radius 2 is 1.84 bits per heavy atom. The van der Waals surface area contributed by atoms with E-state index in [9.17, 15) is 8.78 Å². The van der Waals surface area contributed by atoms with Gasteiger partial charge in [-0.05, 0) is 31.4 Å². The van der Waals surface area contributed by atoms with Crippen molar-refractivity contribution in [2.75, 3.05) is 13.7 Å². The predicted molar refractivity (Wildman–Crippen MR) is 71.9 cm³/mol. The molecule has 0 aliphatic heterocycles. The molecule has 1 aliphatic carbocycles. The molecule has 19 heavy (non-hydrogen) atoms. The van der Waals surface area contributed by atoms with Crippen molar-refractivity contribution in [2.45, 2.75) is 43.9 Å². The molecule has 1 aromatic carbocycles. The SMILES string of the molecule is COc1cccc(C)c1C1(CN)CCC(F)(F)CC1. The maximum atomic E-state index is 13.4. The molecule has 1 aromatic rings. The first-order valence-corrected chi connectivity index (χ1v) is 6.66. The van der Waals surface area contributed by atoms with E-state index in [1.165, 1.54) is 0 Å². The van der Waals surface area contributed by atoms with E-state index < -0.39 is 5.92 Å². The summed E-state index contributed by atoms with van der Waals surface area (Å²) in [5, 5.41) is 0. The molecule has 0 atom stereocenters. The molecule has 1 saturated carbocycles. The van der Waals surface area contributed by atoms with Gasteiger partial charge in [0.05, 0.1) is 7.11 Å². The van der Waals surface area contributed by atoms with Crippen LogP contribution in [0.3, 0.4) is 0 Å². The summed E-state index contributed by atoms with van der Waals surface area (Å²) in [5.41, 5.74) is 7.65. The van der Waals surface area contributed by atoms with E-state index in [1.54, 1.807) is 7.11 Å². The third-order valence-electron chi connectivity index (χ3n) is 4.31. The highest BCUT2D eigenvalue weighted by atomic mass is 19.3. The number of ether oxygens (including phenoxy) is 1. The lowest BCUT2D eigenvalue weighted by atomic mass is 9.67. The summed E-state index contributed by atoms with van der Waals surface area (Å²) >= 11 is 0. The highest BCUT2D eigenvalue weighted by Crippen LogP contribution is 2.48. The highest BCUT2D eigenvalue weighted by molar-refractivity contribution is 5.46. The van der Waals surface area contributed by atoms with Crippen molar-refractivity contribution >= 4 is 0 Å². The van der Waals surface area contributed by atoms with Gasteiger partial charge in [0.1, 0.15) is 5.75 Å². The number of hydrogen-bond donors (Lipinski definition) is 1. The molecule has 0 saturated heterocycles. The molecule has 1 fully saturated rings. The lowest BCUT2D eigenvalue weighted by Gasteiger charge is -2.41. The number of halogens is 2. The normalized spacial score (nSPS) is 21.1. The Morgan fingerprint density at radius 3 is 2.37 bits per heavy atom. The van der Waals surface area contributed by atoms with Crippen LogP contribution in [0, 0.1) is 6.92 Å². The van der Waals surface area contributed by atoms with E-state index in [-0.39, 0.29) is 18.3 Å². The molecule has 0 heterocycles. The third kappa shape index (κ3) is 2.59. The third-order valence-corrected chi connectivity index (χ3v) is 4.31. The first kappa shape index (κ1) is 14.3. The van der Waals surface area contributed by atoms with Gasteiger partial charge in [-0.15, -0.1) is 0 Å². The van der Waals surface area contributed by atoms with E-state index in [2.05, 4.69) is 0 Å². The maximum Gasteiger partial charge on any atom is 0.248 e. The molecule has 0 spiro atoms. The Hall–Kier alpha value is -1.16. The maximum absolute atomic E-state index is 13.4. The fraction of sp³-hybridized carbons (Fsp3) is 0.600. The second-order valence-corrected chi connectivity index (χ2v) is 5.49. The van der Waals surface area contributed by atoms with Crippen LogP contribution in [0.1, 0.15) is 36.8 Å². The zero-order chi connectivity index (χ0) is 14.1. The molecular weight excluding hydrogens is 248 g/mol. The summed E-state index contributed by atoms with van der Waals surface area (Å²) in [6.07, 6.45) is 0.638. The number of benzene rings is 1. The van der Waals surface area contributed by atoms with Gasteiger partial charge in [0.25, 0.3) is 0 Å². The Kier molecular flexibility index (Phi) is 3.81. The van der Waals surface area contributed by atoms with E-state index >= 15 is 0 Å². The first-order valence-electron chi connectivity index (χ1n) is 6.66. The zero-order valence-electron chi connectivity index (χ0n) is 11.5. The molecular formula is C15H21F2NO. The number of alkyl halides is 2. The molecule has 4 heteroatoms. The summed E-state index contributed by atoms with van der Waals surface area (Å²) in [7, 11) is 1.61. The molecule has 0 radical (unpaired) electrons. The summed E-state index contributed by atoms with van der Waals surface area (Å²) < 4.78 is 32.2. The molecule has 1 aliphatic rings. The predicted octanol–water partition coefficient (Wildman–Crippen LogP) is 3.41. The van der Waals surface area contributed by atoms with Gasteiger partial charge in [0.15, 0.2) is 0 Å². The first-order chi connectivity index (χ1) is 8.94. The van der Waals surface area contributed by atoms with Gasteiger partial charge in [0.2, 0.25) is 5.92 Å². The van der Waals surface area contributed by atoms with Crippen LogP contribution < -0.4 is 10.5 Å². The Balaban J connectivity index is 2.43. The molecule has 2 rings (SSSR count). The van der Waals surface area contributed by atoms with Crippen LogP contribution in [0.15, 0.2) is 18.2 Å². The topological polar surface area (TPSA) is 35.2 Å². The number of hydrogen-bond acceptors (Lipinski definition) is 2. The minimum absolute atomic E-state index is 0.0955. The smallest absolute Gasteiger partial charge is 0.248 e. The number of rotatable bonds is 3. The number of methoxy groups -OCH3 is 1. The quantitative estimate of drug-likeness (QED) is 0.912. The largest absolute Gasteiger partial charge is 0.496 e. The fourth-order valence-corrected chi connectivity index (χ4v) is 3.14. The van der Waals surface area contributed by atoms with Gasteiger partial charge in [-0.2, -0.15) is 0 Å². The van der Waals surface area contributed by atoms with Crippen LogP contribution in [-0.2, 0) is 5.41 Å². The van der Waals surface area contributed by atoms with Gasteiger partial charge in [-0.3, -0.25) is 0 Å². The minimum atomic E-state index is -2.55. The number of aryl methyl sites for hydroxylation is 1. The van der Waals surface area contributed by atoms with Crippen molar-refractivity contribution in [1.82, 2.24) is 0 Å². The fourth-order valence-electron chi connectivity index (χ4n) is 3.14. The van der Waals surface area contributed by atoms with Crippen molar-refractivity contribution < 1.29 is 13.5 Å². The lowest BCUT2D eigenvalue weighted by Crippen LogP contribution is -2.42. The standard InChI is InChI=1S/C15H21F2NO/c1-11-4-3-5-12(19-2)13(11)14(10-18)6-8-15(16,17)9-7-14/h3-5H,6-10,18H2,1-2H3. The molecule has 2 nitrogen and oxygen atoms in total. The van der Waals surface area contributed by atoms with E-state index in [1.807, 2.05) is 25.1 Å². The van der Waals surface area contributed by atoms with Crippen LogP contribution in [-0.4, -0.2) is 19.6 Å². The monoisotopic (exact) mass is 269 g/mol. The van der Waals surface area contributed by atoms with Crippen molar-refractivity contribution in [2.24, 2.45) is 5.73 Å². The van der Waals surface area contributed by atoms with Gasteiger partial charge >= 0.3 is 0 Å². The molecule has 0 aromatic heterocycles. The van der Waals surface area contributed by atoms with Crippen molar-refractivity contribution in [3.05, 3.63) is 29.3 Å². The average Bonchev–Trinajstić information content (AvgIpc) is 2.40. The molecule has 0 unspecified atom stereocenters. The van der Waals surface area contributed by atoms with Crippen LogP contribution in [0.5, 0.6) is 5.75 Å². The zero-order valence-corrected chi connectivity index (χ0v) is 11.5. The summed E-state index contributed by atoms with van der Waals surface area (Å²) in [6, 6.07) is 5.79. The van der Waals surface area contributed by atoms with E-state index in [0.29, 0.717) is 19.4 Å². The van der Waals surface area contributed by atoms with Crippen molar-refractivity contribution in [3.63, 3.8) is 0 Å². The van der Waals surface area contributed by atoms with E-state index in [4.69, 9.17) is 10.5 Å². The summed E-state index contributed by atoms with van der Waals surface area (Å²) in [4.78, 5) is 0. The van der Waals surface area contributed by atoms with Crippen LogP contribution in [0.2, 0.25) is 0 Å². The van der Waals surface area contributed by atoms with Crippen molar-refractivity contribution in [3.8, 4) is 5.75 Å². The van der Waals surface area contributed by atoms with Crippen molar-refractivity contribution in [1.29, 1.82) is 0 Å².